The molecule has 31 heavy (non-hydrogen) atoms. The van der Waals surface area contributed by atoms with Gasteiger partial charge in [0.1, 0.15) is 5.82 Å². The van der Waals surface area contributed by atoms with Crippen molar-refractivity contribution in [2.75, 3.05) is 13.1 Å². The van der Waals surface area contributed by atoms with Crippen molar-refractivity contribution in [1.82, 2.24) is 9.21 Å². The number of hydrogen-bond acceptors (Lipinski definition) is 3. The lowest BCUT2D eigenvalue weighted by atomic mass is 9.96. The van der Waals surface area contributed by atoms with E-state index >= 15 is 0 Å². The average molecular weight is 452 g/mol. The largest absolute Gasteiger partial charge is 0.335 e. The van der Waals surface area contributed by atoms with E-state index in [0.29, 0.717) is 24.5 Å². The summed E-state index contributed by atoms with van der Waals surface area (Å²) in [5.74, 6) is -3.13. The topological polar surface area (TPSA) is 57.7 Å². The van der Waals surface area contributed by atoms with Crippen molar-refractivity contribution in [1.29, 1.82) is 0 Å². The summed E-state index contributed by atoms with van der Waals surface area (Å²) in [5, 5.41) is 0. The van der Waals surface area contributed by atoms with Crippen LogP contribution < -0.4 is 0 Å². The molecule has 5 nitrogen and oxygen atoms in total. The molecule has 9 heteroatoms. The first-order valence-corrected chi connectivity index (χ1v) is 11.7. The maximum absolute atomic E-state index is 14.1. The first-order valence-electron chi connectivity index (χ1n) is 10.3. The summed E-state index contributed by atoms with van der Waals surface area (Å²) >= 11 is 0. The molecule has 1 aliphatic heterocycles. The molecule has 1 saturated heterocycles. The SMILES string of the molecule is O=C(C1CCN(S(=O)(=O)c2ccc(F)c(F)c2)CC1)N(Cc1ccccc1F)C1CC1. The lowest BCUT2D eigenvalue weighted by molar-refractivity contribution is -0.138. The van der Waals surface area contributed by atoms with E-state index in [1.807, 2.05) is 0 Å². The van der Waals surface area contributed by atoms with Crippen molar-refractivity contribution >= 4 is 15.9 Å². The number of benzene rings is 2. The molecule has 1 amide bonds. The zero-order valence-electron chi connectivity index (χ0n) is 16.8. The van der Waals surface area contributed by atoms with E-state index in [0.717, 1.165) is 25.0 Å². The number of halogens is 3. The Morgan fingerprint density at radius 2 is 1.61 bits per heavy atom. The Labute approximate surface area is 179 Å². The number of nitrogens with zero attached hydrogens (tertiary/aromatic N) is 2. The molecule has 0 spiro atoms. The summed E-state index contributed by atoms with van der Waals surface area (Å²) in [6, 6.07) is 8.95. The predicted octanol–water partition coefficient (Wildman–Crippen LogP) is 3.70. The molecular formula is C22H23F3N2O3S. The molecule has 0 bridgehead atoms. The van der Waals surface area contributed by atoms with Crippen LogP contribution in [0.4, 0.5) is 13.2 Å². The minimum Gasteiger partial charge on any atom is -0.335 e. The van der Waals surface area contributed by atoms with Gasteiger partial charge in [0.05, 0.1) is 4.90 Å². The summed E-state index contributed by atoms with van der Waals surface area (Å²) < 4.78 is 67.4. The van der Waals surface area contributed by atoms with E-state index in [9.17, 15) is 26.4 Å². The number of hydrogen-bond donors (Lipinski definition) is 0. The van der Waals surface area contributed by atoms with Crippen LogP contribution in [0.5, 0.6) is 0 Å². The van der Waals surface area contributed by atoms with Crippen LogP contribution in [0, 0.1) is 23.4 Å². The van der Waals surface area contributed by atoms with Gasteiger partial charge in [-0.25, -0.2) is 21.6 Å². The second-order valence-corrected chi connectivity index (χ2v) is 9.98. The Balaban J connectivity index is 1.43. The van der Waals surface area contributed by atoms with Gasteiger partial charge in [0.25, 0.3) is 0 Å². The summed E-state index contributed by atoms with van der Waals surface area (Å²) in [4.78, 5) is 14.5. The minimum atomic E-state index is -3.98. The number of sulfonamides is 1. The fourth-order valence-corrected chi connectivity index (χ4v) is 5.43. The third-order valence-electron chi connectivity index (χ3n) is 5.90. The fraction of sp³-hybridized carbons (Fsp3) is 0.409. The highest BCUT2D eigenvalue weighted by atomic mass is 32.2. The highest BCUT2D eigenvalue weighted by molar-refractivity contribution is 7.89. The van der Waals surface area contributed by atoms with Gasteiger partial charge in [-0.1, -0.05) is 18.2 Å². The van der Waals surface area contributed by atoms with Gasteiger partial charge in [-0.2, -0.15) is 4.31 Å². The Morgan fingerprint density at radius 3 is 2.23 bits per heavy atom. The van der Waals surface area contributed by atoms with Crippen LogP contribution in [-0.2, 0) is 21.4 Å². The van der Waals surface area contributed by atoms with Gasteiger partial charge in [0, 0.05) is 37.2 Å². The summed E-state index contributed by atoms with van der Waals surface area (Å²) in [5.41, 5.74) is 0.459. The molecule has 1 aliphatic carbocycles. The Morgan fingerprint density at radius 1 is 0.935 bits per heavy atom. The number of carbonyl (C=O) groups excluding carboxylic acids is 1. The number of amides is 1. The van der Waals surface area contributed by atoms with Crippen molar-refractivity contribution in [3.05, 3.63) is 65.5 Å². The van der Waals surface area contributed by atoms with Gasteiger partial charge in [-0.15, -0.1) is 0 Å². The van der Waals surface area contributed by atoms with E-state index in [4.69, 9.17) is 0 Å². The molecule has 1 heterocycles. The number of piperidine rings is 1. The van der Waals surface area contributed by atoms with Crippen molar-refractivity contribution in [2.24, 2.45) is 5.92 Å². The molecule has 4 rings (SSSR count). The molecular weight excluding hydrogens is 429 g/mol. The third-order valence-corrected chi connectivity index (χ3v) is 7.80. The molecule has 2 aromatic carbocycles. The van der Waals surface area contributed by atoms with Crippen LogP contribution in [0.3, 0.4) is 0 Å². The van der Waals surface area contributed by atoms with Crippen LogP contribution in [0.1, 0.15) is 31.2 Å². The predicted molar refractivity (Wildman–Crippen MR) is 108 cm³/mol. The minimum absolute atomic E-state index is 0.0874. The maximum atomic E-state index is 14.1. The molecule has 0 radical (unpaired) electrons. The lowest BCUT2D eigenvalue weighted by Gasteiger charge is -2.34. The fourth-order valence-electron chi connectivity index (χ4n) is 3.95. The highest BCUT2D eigenvalue weighted by Crippen LogP contribution is 2.33. The molecule has 0 unspecified atom stereocenters. The molecule has 166 valence electrons. The molecule has 1 saturated carbocycles. The zero-order chi connectivity index (χ0) is 22.2. The van der Waals surface area contributed by atoms with Crippen molar-refractivity contribution in [3.8, 4) is 0 Å². The Hall–Kier alpha value is -2.39. The molecule has 2 aliphatic rings. The van der Waals surface area contributed by atoms with E-state index < -0.39 is 21.7 Å². The average Bonchev–Trinajstić information content (AvgIpc) is 3.60. The summed E-state index contributed by atoms with van der Waals surface area (Å²) in [6.45, 7) is 0.412. The van der Waals surface area contributed by atoms with Crippen LogP contribution in [0.15, 0.2) is 47.4 Å². The third kappa shape index (κ3) is 4.62. The maximum Gasteiger partial charge on any atom is 0.243 e. The molecule has 2 aromatic rings. The second-order valence-electron chi connectivity index (χ2n) is 8.04. The van der Waals surface area contributed by atoms with Crippen molar-refractivity contribution < 1.29 is 26.4 Å². The Kier molecular flexibility index (Phi) is 6.07. The van der Waals surface area contributed by atoms with E-state index in [1.165, 1.54) is 10.4 Å². The second kappa shape index (κ2) is 8.63. The molecule has 2 fully saturated rings. The molecule has 0 aromatic heterocycles. The Bertz CT molecular complexity index is 1080. The van der Waals surface area contributed by atoms with Crippen LogP contribution in [0.25, 0.3) is 0 Å². The lowest BCUT2D eigenvalue weighted by Crippen LogP contribution is -2.45. The van der Waals surface area contributed by atoms with Crippen LogP contribution in [0.2, 0.25) is 0 Å². The number of rotatable bonds is 6. The van der Waals surface area contributed by atoms with E-state index in [1.54, 1.807) is 23.1 Å². The van der Waals surface area contributed by atoms with Crippen LogP contribution in [-0.4, -0.2) is 42.7 Å². The van der Waals surface area contributed by atoms with Gasteiger partial charge in [0.2, 0.25) is 15.9 Å². The van der Waals surface area contributed by atoms with Gasteiger partial charge >= 0.3 is 0 Å². The van der Waals surface area contributed by atoms with Crippen molar-refractivity contribution in [3.63, 3.8) is 0 Å². The smallest absolute Gasteiger partial charge is 0.243 e. The van der Waals surface area contributed by atoms with Gasteiger partial charge in [-0.05, 0) is 49.9 Å². The number of carbonyl (C=O) groups is 1. The monoisotopic (exact) mass is 452 g/mol. The van der Waals surface area contributed by atoms with Gasteiger partial charge in [0.15, 0.2) is 11.6 Å². The van der Waals surface area contributed by atoms with Gasteiger partial charge < -0.3 is 4.90 Å². The first kappa shape index (κ1) is 21.8. The zero-order valence-corrected chi connectivity index (χ0v) is 17.6. The molecule has 0 N–H and O–H groups in total. The quantitative estimate of drug-likeness (QED) is 0.672. The van der Waals surface area contributed by atoms with Crippen molar-refractivity contribution in [2.45, 2.75) is 43.2 Å². The summed E-state index contributed by atoms with van der Waals surface area (Å²) in [6.07, 6.45) is 2.40. The highest BCUT2D eigenvalue weighted by Gasteiger charge is 2.39. The normalized spacial score (nSPS) is 18.2. The first-order chi connectivity index (χ1) is 14.8. The molecule has 0 atom stereocenters. The van der Waals surface area contributed by atoms with Gasteiger partial charge in [-0.3, -0.25) is 4.79 Å². The van der Waals surface area contributed by atoms with E-state index in [-0.39, 0.29) is 48.2 Å². The standard InChI is InChI=1S/C22H23F3N2O3S/c23-19-4-2-1-3-16(19)14-27(17-5-6-17)22(28)15-9-11-26(12-10-15)31(29,30)18-7-8-20(24)21(25)13-18/h1-4,7-8,13,15,17H,5-6,9-12,14H2. The summed E-state index contributed by atoms with van der Waals surface area (Å²) in [7, 11) is -3.98. The van der Waals surface area contributed by atoms with Crippen LogP contribution >= 0.6 is 0 Å². The van der Waals surface area contributed by atoms with E-state index in [2.05, 4.69) is 0 Å².